The van der Waals surface area contributed by atoms with Crippen molar-refractivity contribution < 1.29 is 13.6 Å². The maximum absolute atomic E-state index is 6.70. The van der Waals surface area contributed by atoms with Crippen LogP contribution in [0.25, 0.3) is 54.8 Å². The molecule has 0 saturated heterocycles. The number of furan rings is 2. The lowest BCUT2D eigenvalue weighted by Gasteiger charge is -2.18. The van der Waals surface area contributed by atoms with E-state index in [2.05, 4.69) is 87.0 Å². The molecule has 0 spiro atoms. The summed E-state index contributed by atoms with van der Waals surface area (Å²) in [5, 5.41) is 6.92. The Balaban J connectivity index is 1.39. The van der Waals surface area contributed by atoms with Crippen LogP contribution in [0, 0.1) is 0 Å². The van der Waals surface area contributed by atoms with Crippen molar-refractivity contribution in [3.8, 4) is 11.5 Å². The summed E-state index contributed by atoms with van der Waals surface area (Å²) in [6.45, 7) is 13.5. The molecule has 0 radical (unpaired) electrons. The molecule has 6 heterocycles. The van der Waals surface area contributed by atoms with Crippen LogP contribution < -0.4 is 4.74 Å². The molecule has 0 aliphatic carbocycles. The lowest BCUT2D eigenvalue weighted by atomic mass is 9.86. The van der Waals surface area contributed by atoms with Crippen molar-refractivity contribution >= 4 is 54.8 Å². The summed E-state index contributed by atoms with van der Waals surface area (Å²) < 4.78 is 22.9. The van der Waals surface area contributed by atoms with E-state index in [1.807, 2.05) is 12.1 Å². The lowest BCUT2D eigenvalue weighted by molar-refractivity contribution is 0.485. The number of hydrogen-bond acceptors (Lipinski definition) is 3. The molecule has 8 rings (SSSR count). The maximum Gasteiger partial charge on any atom is 0.211 e. The quantitative estimate of drug-likeness (QED) is 0.243. The number of aromatic nitrogens is 2. The van der Waals surface area contributed by atoms with E-state index in [1.54, 1.807) is 12.5 Å². The zero-order valence-electron chi connectivity index (χ0n) is 21.9. The third kappa shape index (κ3) is 2.64. The van der Waals surface area contributed by atoms with Crippen LogP contribution >= 0.6 is 0 Å². The Kier molecular flexibility index (Phi) is 3.64. The van der Waals surface area contributed by atoms with Crippen molar-refractivity contribution in [3.05, 3.63) is 72.4 Å². The highest BCUT2D eigenvalue weighted by molar-refractivity contribution is 6.16. The summed E-state index contributed by atoms with van der Waals surface area (Å²) in [5.74, 6) is 1.65. The van der Waals surface area contributed by atoms with E-state index in [9.17, 15) is 0 Å². The fraction of sp³-hybridized carbons (Fsp3) is 0.250. The molecule has 37 heavy (non-hydrogen) atoms. The maximum atomic E-state index is 6.70. The molecule has 0 amide bonds. The van der Waals surface area contributed by atoms with Crippen LogP contribution in [0.2, 0.25) is 0 Å². The van der Waals surface area contributed by atoms with Crippen LogP contribution in [-0.4, -0.2) is 8.80 Å². The second-order valence-corrected chi connectivity index (χ2v) is 12.4. The highest BCUT2D eigenvalue weighted by Crippen LogP contribution is 2.45. The first-order valence-corrected chi connectivity index (χ1v) is 12.8. The van der Waals surface area contributed by atoms with Crippen molar-refractivity contribution in [2.75, 3.05) is 0 Å². The first kappa shape index (κ1) is 21.0. The van der Waals surface area contributed by atoms with Crippen molar-refractivity contribution in [2.45, 2.75) is 52.4 Å². The molecule has 0 aliphatic rings. The number of rotatable bonds is 2. The molecule has 0 saturated carbocycles. The van der Waals surface area contributed by atoms with Crippen LogP contribution in [-0.2, 0) is 10.8 Å². The Morgan fingerprint density at radius 1 is 0.568 bits per heavy atom. The minimum Gasteiger partial charge on any atom is -0.457 e. The molecule has 184 valence electrons. The van der Waals surface area contributed by atoms with Crippen molar-refractivity contribution in [2.24, 2.45) is 0 Å². The lowest BCUT2D eigenvalue weighted by Crippen LogP contribution is -2.10. The molecule has 2 aromatic carbocycles. The van der Waals surface area contributed by atoms with E-state index in [1.165, 1.54) is 32.9 Å². The zero-order valence-corrected chi connectivity index (χ0v) is 21.9. The van der Waals surface area contributed by atoms with E-state index >= 15 is 0 Å². The van der Waals surface area contributed by atoms with Gasteiger partial charge in [0, 0.05) is 44.7 Å². The molecule has 0 N–H and O–H groups in total. The highest BCUT2D eigenvalue weighted by atomic mass is 16.5. The van der Waals surface area contributed by atoms with Crippen molar-refractivity contribution in [1.29, 1.82) is 0 Å². The minimum absolute atomic E-state index is 0.0173. The van der Waals surface area contributed by atoms with Gasteiger partial charge in [-0.1, -0.05) is 41.5 Å². The zero-order chi connectivity index (χ0) is 25.4. The number of benzene rings is 2. The fourth-order valence-corrected chi connectivity index (χ4v) is 6.24. The predicted octanol–water partition coefficient (Wildman–Crippen LogP) is 9.25. The third-order valence-corrected chi connectivity index (χ3v) is 7.90. The van der Waals surface area contributed by atoms with Crippen LogP contribution in [0.1, 0.15) is 52.7 Å². The average molecular weight is 489 g/mol. The Hall–Kier alpha value is -4.12. The third-order valence-electron chi connectivity index (χ3n) is 7.90. The predicted molar refractivity (Wildman–Crippen MR) is 149 cm³/mol. The normalized spacial score (nSPS) is 13.7. The van der Waals surface area contributed by atoms with Gasteiger partial charge in [-0.3, -0.25) is 8.80 Å². The molecule has 0 unspecified atom stereocenters. The van der Waals surface area contributed by atoms with E-state index in [0.29, 0.717) is 0 Å². The summed E-state index contributed by atoms with van der Waals surface area (Å²) >= 11 is 0. The number of hydrogen-bond donors (Lipinski definition) is 0. The summed E-state index contributed by atoms with van der Waals surface area (Å²) in [5.41, 5.74) is 6.66. The number of nitrogens with zero attached hydrogens (tertiary/aromatic N) is 2. The molecule has 5 nitrogen and oxygen atoms in total. The van der Waals surface area contributed by atoms with Gasteiger partial charge in [-0.25, -0.2) is 0 Å². The van der Waals surface area contributed by atoms with Gasteiger partial charge in [-0.05, 0) is 58.4 Å². The molecule has 0 aliphatic heterocycles. The second-order valence-electron chi connectivity index (χ2n) is 12.4. The summed E-state index contributed by atoms with van der Waals surface area (Å²) in [4.78, 5) is 0. The molecular formula is C32H28N2O3. The van der Waals surface area contributed by atoms with E-state index in [-0.39, 0.29) is 10.8 Å². The monoisotopic (exact) mass is 488 g/mol. The van der Waals surface area contributed by atoms with Gasteiger partial charge < -0.3 is 13.6 Å². The number of fused-ring (bicyclic) bond motifs is 6. The van der Waals surface area contributed by atoms with E-state index < -0.39 is 0 Å². The van der Waals surface area contributed by atoms with Gasteiger partial charge in [0.15, 0.2) is 0 Å². The molecule has 8 aromatic rings. The van der Waals surface area contributed by atoms with Gasteiger partial charge in [0.2, 0.25) is 11.4 Å². The van der Waals surface area contributed by atoms with Crippen LogP contribution in [0.15, 0.2) is 70.2 Å². The number of ether oxygens (including phenoxy) is 1. The highest BCUT2D eigenvalue weighted by Gasteiger charge is 2.27. The summed E-state index contributed by atoms with van der Waals surface area (Å²) in [6, 6.07) is 12.8. The Labute approximate surface area is 213 Å². The Morgan fingerprint density at radius 2 is 0.973 bits per heavy atom. The van der Waals surface area contributed by atoms with Gasteiger partial charge in [-0.15, -0.1) is 0 Å². The van der Waals surface area contributed by atoms with Gasteiger partial charge in [0.05, 0.1) is 23.6 Å². The van der Waals surface area contributed by atoms with Gasteiger partial charge in [0.25, 0.3) is 0 Å². The van der Waals surface area contributed by atoms with Crippen LogP contribution in [0.5, 0.6) is 11.5 Å². The topological polar surface area (TPSA) is 44.3 Å². The SMILES string of the molecule is CC(C)(C)c1cn2c3occc3c3cc(Oc4cc5c(C(C)(C)C)cn6c7occc7c(c4)c56)cc1c32. The Morgan fingerprint density at radius 3 is 1.38 bits per heavy atom. The van der Waals surface area contributed by atoms with Gasteiger partial charge >= 0.3 is 0 Å². The Bertz CT molecular complexity index is 1980. The standard InChI is InChI=1S/C32H28N2O3/c1-31(2,3)25-15-33-27-21(19-7-9-35-29(19)33)11-17(13-23(25)27)37-18-12-22-20-8-10-36-30(20)34-16-26(32(4,5)6)24(14-18)28(22)34/h7-16H,1-6H3. The van der Waals surface area contributed by atoms with Crippen molar-refractivity contribution in [1.82, 2.24) is 8.80 Å². The molecule has 0 atom stereocenters. The van der Waals surface area contributed by atoms with Crippen molar-refractivity contribution in [3.63, 3.8) is 0 Å². The summed E-state index contributed by atoms with van der Waals surface area (Å²) in [6.07, 6.45) is 7.97. The molecule has 0 bridgehead atoms. The minimum atomic E-state index is -0.0173. The first-order valence-electron chi connectivity index (χ1n) is 12.8. The van der Waals surface area contributed by atoms with Crippen LogP contribution in [0.4, 0.5) is 0 Å². The largest absolute Gasteiger partial charge is 0.457 e. The first-order chi connectivity index (χ1) is 17.6. The second kappa shape index (κ2) is 6.41. The average Bonchev–Trinajstić information content (AvgIpc) is 3.62. The van der Waals surface area contributed by atoms with Gasteiger partial charge in [-0.2, -0.15) is 0 Å². The molecule has 5 heteroatoms. The van der Waals surface area contributed by atoms with Crippen LogP contribution in [0.3, 0.4) is 0 Å². The van der Waals surface area contributed by atoms with Gasteiger partial charge in [0.1, 0.15) is 11.5 Å². The summed E-state index contributed by atoms with van der Waals surface area (Å²) in [7, 11) is 0. The molecular weight excluding hydrogens is 460 g/mol. The van der Waals surface area contributed by atoms with E-state index in [0.717, 1.165) is 44.5 Å². The fourth-order valence-electron chi connectivity index (χ4n) is 6.24. The molecule has 6 aromatic heterocycles. The van der Waals surface area contributed by atoms with E-state index in [4.69, 9.17) is 13.6 Å². The molecule has 0 fully saturated rings. The smallest absolute Gasteiger partial charge is 0.211 e.